The molecule has 2 saturated heterocycles. The van der Waals surface area contributed by atoms with Crippen molar-refractivity contribution in [3.05, 3.63) is 0 Å². The topological polar surface area (TPSA) is 161 Å². The van der Waals surface area contributed by atoms with E-state index in [4.69, 9.17) is 22.9 Å². The summed E-state index contributed by atoms with van der Waals surface area (Å²) >= 11 is 0. The minimum absolute atomic E-state index is 0.0174. The van der Waals surface area contributed by atoms with Gasteiger partial charge in [-0.15, -0.1) is 0 Å². The Labute approximate surface area is 142 Å². The predicted octanol–water partition coefficient (Wildman–Crippen LogP) is -2.36. The highest BCUT2D eigenvalue weighted by atomic mass is 15.4. The van der Waals surface area contributed by atoms with Gasteiger partial charge in [0.25, 0.3) is 0 Å². The van der Waals surface area contributed by atoms with E-state index in [1.165, 1.54) is 0 Å². The average Bonchev–Trinajstić information content (AvgIpc) is 2.52. The van der Waals surface area contributed by atoms with E-state index in [0.29, 0.717) is 44.0 Å². The molecule has 0 saturated carbocycles. The third-order valence-corrected chi connectivity index (χ3v) is 4.43. The summed E-state index contributed by atoms with van der Waals surface area (Å²) in [6, 6.07) is 0.0697. The summed E-state index contributed by atoms with van der Waals surface area (Å²) in [6.07, 6.45) is 1.62. The molecule has 3 rings (SSSR count). The number of piperidine rings is 2. The van der Waals surface area contributed by atoms with Gasteiger partial charge in [0.15, 0.2) is 0 Å². The molecule has 0 aromatic carbocycles. The van der Waals surface area contributed by atoms with Crippen LogP contribution in [0.5, 0.6) is 0 Å². The summed E-state index contributed by atoms with van der Waals surface area (Å²) in [5.41, 5.74) is 24.4. The fourth-order valence-corrected chi connectivity index (χ4v) is 3.43. The molecule has 24 heavy (non-hydrogen) atoms. The summed E-state index contributed by atoms with van der Waals surface area (Å²) in [4.78, 5) is 17.6. The first-order valence-electron chi connectivity index (χ1n) is 8.40. The standard InChI is InChI=1S/C14H28N10/c1-19-12-20-13(23-4-8(15)2-9(16)5-23)22-14(21-12)24-6-10(17)3-11(18)7-24/h8-11H,2-7,15-18H2,1H3,(H,19,20,21,22)/t8-,9+,10-,11+. The van der Waals surface area contributed by atoms with Gasteiger partial charge in [0.1, 0.15) is 0 Å². The normalized spacial score (nSPS) is 31.2. The number of nitrogens with one attached hydrogen (secondary N) is 1. The molecule has 0 amide bonds. The van der Waals surface area contributed by atoms with Gasteiger partial charge < -0.3 is 38.1 Å². The SMILES string of the molecule is CNc1nc(N2C[C@H](N)C[C@H](N)C2)nc(N2C[C@H](N)C[C@H](N)C2)n1. The first-order chi connectivity index (χ1) is 11.4. The van der Waals surface area contributed by atoms with Crippen LogP contribution in [-0.4, -0.2) is 72.3 Å². The van der Waals surface area contributed by atoms with E-state index in [0.717, 1.165) is 12.8 Å². The molecule has 134 valence electrons. The summed E-state index contributed by atoms with van der Waals surface area (Å²) in [6.45, 7) is 2.72. The molecular weight excluding hydrogens is 308 g/mol. The van der Waals surface area contributed by atoms with Crippen molar-refractivity contribution in [3.63, 3.8) is 0 Å². The minimum atomic E-state index is 0.0174. The van der Waals surface area contributed by atoms with Crippen LogP contribution in [-0.2, 0) is 0 Å². The molecule has 4 atom stereocenters. The third kappa shape index (κ3) is 3.83. The minimum Gasteiger partial charge on any atom is -0.357 e. The zero-order valence-electron chi connectivity index (χ0n) is 14.1. The molecule has 2 aliphatic rings. The maximum absolute atomic E-state index is 6.09. The number of anilines is 3. The van der Waals surface area contributed by atoms with Crippen LogP contribution < -0.4 is 38.1 Å². The van der Waals surface area contributed by atoms with E-state index >= 15 is 0 Å². The van der Waals surface area contributed by atoms with Crippen LogP contribution in [0, 0.1) is 0 Å². The van der Waals surface area contributed by atoms with Crippen molar-refractivity contribution >= 4 is 17.8 Å². The summed E-state index contributed by atoms with van der Waals surface area (Å²) < 4.78 is 0. The number of hydrogen-bond donors (Lipinski definition) is 5. The van der Waals surface area contributed by atoms with E-state index in [9.17, 15) is 0 Å². The van der Waals surface area contributed by atoms with E-state index < -0.39 is 0 Å². The Morgan fingerprint density at radius 3 is 1.46 bits per heavy atom. The van der Waals surface area contributed by atoms with Crippen molar-refractivity contribution in [1.29, 1.82) is 0 Å². The lowest BCUT2D eigenvalue weighted by atomic mass is 10.0. The van der Waals surface area contributed by atoms with Crippen LogP contribution in [0.3, 0.4) is 0 Å². The second-order valence-corrected chi connectivity index (χ2v) is 6.83. The van der Waals surface area contributed by atoms with Crippen LogP contribution in [0.4, 0.5) is 17.8 Å². The Morgan fingerprint density at radius 2 is 1.12 bits per heavy atom. The molecule has 1 aromatic heterocycles. The Balaban J connectivity index is 1.88. The van der Waals surface area contributed by atoms with Crippen molar-refractivity contribution in [2.75, 3.05) is 48.3 Å². The van der Waals surface area contributed by atoms with Crippen LogP contribution in [0.2, 0.25) is 0 Å². The number of nitrogens with two attached hydrogens (primary N) is 4. The molecule has 0 spiro atoms. The molecule has 0 bridgehead atoms. The molecular formula is C14H28N10. The Bertz CT molecular complexity index is 502. The van der Waals surface area contributed by atoms with Crippen LogP contribution in [0.25, 0.3) is 0 Å². The van der Waals surface area contributed by atoms with Gasteiger partial charge in [0.05, 0.1) is 0 Å². The molecule has 2 aliphatic heterocycles. The number of hydrogen-bond acceptors (Lipinski definition) is 10. The highest BCUT2D eigenvalue weighted by Crippen LogP contribution is 2.21. The fourth-order valence-electron chi connectivity index (χ4n) is 3.43. The molecule has 10 nitrogen and oxygen atoms in total. The number of aromatic nitrogens is 3. The van der Waals surface area contributed by atoms with E-state index in [-0.39, 0.29) is 24.2 Å². The van der Waals surface area contributed by atoms with Crippen molar-refractivity contribution in [2.24, 2.45) is 22.9 Å². The summed E-state index contributed by atoms with van der Waals surface area (Å²) in [7, 11) is 1.78. The lowest BCUT2D eigenvalue weighted by molar-refractivity contribution is 0.441. The quantitative estimate of drug-likeness (QED) is 0.404. The highest BCUT2D eigenvalue weighted by molar-refractivity contribution is 5.46. The first kappa shape index (κ1) is 17.1. The largest absolute Gasteiger partial charge is 0.357 e. The van der Waals surface area contributed by atoms with Gasteiger partial charge in [-0.05, 0) is 12.8 Å². The van der Waals surface area contributed by atoms with Crippen LogP contribution in [0.1, 0.15) is 12.8 Å². The number of nitrogens with zero attached hydrogens (tertiary/aromatic N) is 5. The highest BCUT2D eigenvalue weighted by Gasteiger charge is 2.28. The van der Waals surface area contributed by atoms with Crippen molar-refractivity contribution in [3.8, 4) is 0 Å². The summed E-state index contributed by atoms with van der Waals surface area (Å²) in [5, 5.41) is 2.99. The summed E-state index contributed by atoms with van der Waals surface area (Å²) in [5.74, 6) is 1.68. The van der Waals surface area contributed by atoms with Crippen molar-refractivity contribution in [1.82, 2.24) is 15.0 Å². The Kier molecular flexibility index (Phi) is 4.99. The van der Waals surface area contributed by atoms with Gasteiger partial charge in [-0.2, -0.15) is 15.0 Å². The van der Waals surface area contributed by atoms with Crippen molar-refractivity contribution < 1.29 is 0 Å². The smallest absolute Gasteiger partial charge is 0.232 e. The molecule has 2 fully saturated rings. The van der Waals surface area contributed by atoms with Gasteiger partial charge in [-0.25, -0.2) is 0 Å². The molecule has 10 heteroatoms. The van der Waals surface area contributed by atoms with E-state index in [1.807, 2.05) is 9.80 Å². The fraction of sp³-hybridized carbons (Fsp3) is 0.786. The van der Waals surface area contributed by atoms with Gasteiger partial charge in [-0.1, -0.05) is 0 Å². The average molecular weight is 336 g/mol. The van der Waals surface area contributed by atoms with Gasteiger partial charge in [0, 0.05) is 57.4 Å². The molecule has 1 aromatic rings. The lowest BCUT2D eigenvalue weighted by Gasteiger charge is -2.36. The molecule has 9 N–H and O–H groups in total. The Hall–Kier alpha value is -1.75. The third-order valence-electron chi connectivity index (χ3n) is 4.43. The van der Waals surface area contributed by atoms with Crippen LogP contribution in [0.15, 0.2) is 0 Å². The van der Waals surface area contributed by atoms with Crippen LogP contribution >= 0.6 is 0 Å². The van der Waals surface area contributed by atoms with Gasteiger partial charge in [-0.3, -0.25) is 0 Å². The molecule has 0 radical (unpaired) electrons. The second kappa shape index (κ2) is 7.01. The maximum Gasteiger partial charge on any atom is 0.232 e. The second-order valence-electron chi connectivity index (χ2n) is 6.83. The van der Waals surface area contributed by atoms with Gasteiger partial charge >= 0.3 is 0 Å². The molecule has 3 heterocycles. The first-order valence-corrected chi connectivity index (χ1v) is 8.40. The number of rotatable bonds is 3. The lowest BCUT2D eigenvalue weighted by Crippen LogP contribution is -2.54. The van der Waals surface area contributed by atoms with E-state index in [1.54, 1.807) is 7.05 Å². The molecule has 0 aliphatic carbocycles. The zero-order valence-corrected chi connectivity index (χ0v) is 14.1. The Morgan fingerprint density at radius 1 is 0.750 bits per heavy atom. The van der Waals surface area contributed by atoms with E-state index in [2.05, 4.69) is 20.3 Å². The van der Waals surface area contributed by atoms with Gasteiger partial charge in [0.2, 0.25) is 17.8 Å². The predicted molar refractivity (Wildman–Crippen MR) is 94.9 cm³/mol. The van der Waals surface area contributed by atoms with Crippen molar-refractivity contribution in [2.45, 2.75) is 37.0 Å². The zero-order chi connectivity index (χ0) is 17.3. The monoisotopic (exact) mass is 336 g/mol. The molecule has 0 unspecified atom stereocenters. The maximum atomic E-state index is 6.09.